The Morgan fingerprint density at radius 1 is 1.07 bits per heavy atom. The van der Waals surface area contributed by atoms with Gasteiger partial charge in [-0.05, 0) is 49.2 Å². The second kappa shape index (κ2) is 10.6. The zero-order valence-corrected chi connectivity index (χ0v) is 17.5. The van der Waals surface area contributed by atoms with Gasteiger partial charge in [0.1, 0.15) is 0 Å². The topological polar surface area (TPSA) is 134 Å². The summed E-state index contributed by atoms with van der Waals surface area (Å²) in [5.74, 6) is -0.217. The van der Waals surface area contributed by atoms with Gasteiger partial charge in [0.25, 0.3) is 5.91 Å². The van der Waals surface area contributed by atoms with Crippen LogP contribution in [0.5, 0.6) is 11.5 Å². The Morgan fingerprint density at radius 2 is 1.77 bits per heavy atom. The van der Waals surface area contributed by atoms with Crippen molar-refractivity contribution in [3.05, 3.63) is 53.6 Å². The monoisotopic (exact) mass is 436 g/mol. The molecule has 30 heavy (non-hydrogen) atoms. The van der Waals surface area contributed by atoms with Crippen molar-refractivity contribution in [3.8, 4) is 11.5 Å². The van der Waals surface area contributed by atoms with Crippen LogP contribution in [-0.2, 0) is 26.0 Å². The highest BCUT2D eigenvalue weighted by atomic mass is 32.2. The van der Waals surface area contributed by atoms with Gasteiger partial charge in [-0.2, -0.15) is 0 Å². The van der Waals surface area contributed by atoms with Crippen LogP contribution in [0, 0.1) is 0 Å². The Kier molecular flexibility index (Phi) is 8.19. The molecule has 1 amide bonds. The first kappa shape index (κ1) is 23.2. The van der Waals surface area contributed by atoms with E-state index >= 15 is 0 Å². The molecule has 10 heteroatoms. The number of nitrogens with one attached hydrogen (secondary N) is 1. The van der Waals surface area contributed by atoms with Gasteiger partial charge in [-0.25, -0.2) is 18.4 Å². The number of carbonyl (C=O) groups is 2. The summed E-state index contributed by atoms with van der Waals surface area (Å²) in [7, 11) is -2.24. The number of ether oxygens (including phenoxy) is 3. The molecule has 2 aromatic carbocycles. The molecule has 0 heterocycles. The lowest BCUT2D eigenvalue weighted by Gasteiger charge is -2.11. The third-order valence-corrected chi connectivity index (χ3v) is 4.95. The number of hydrogen-bond acceptors (Lipinski definition) is 7. The highest BCUT2D eigenvalue weighted by molar-refractivity contribution is 7.89. The molecule has 0 radical (unpaired) electrons. The Hall–Kier alpha value is -3.11. The molecule has 0 fully saturated rings. The molecule has 0 spiro atoms. The van der Waals surface area contributed by atoms with Gasteiger partial charge in [-0.1, -0.05) is 12.1 Å². The van der Waals surface area contributed by atoms with E-state index in [-0.39, 0.29) is 10.5 Å². The summed E-state index contributed by atoms with van der Waals surface area (Å²) in [5, 5.41) is 7.67. The first-order valence-electron chi connectivity index (χ1n) is 9.11. The van der Waals surface area contributed by atoms with Crippen LogP contribution < -0.4 is 19.9 Å². The Bertz CT molecular complexity index is 989. The molecule has 0 unspecified atom stereocenters. The zero-order valence-electron chi connectivity index (χ0n) is 16.7. The van der Waals surface area contributed by atoms with Crippen LogP contribution in [0.15, 0.2) is 47.4 Å². The zero-order chi connectivity index (χ0) is 22.1. The van der Waals surface area contributed by atoms with Gasteiger partial charge < -0.3 is 19.5 Å². The predicted molar refractivity (Wildman–Crippen MR) is 109 cm³/mol. The molecule has 0 bridgehead atoms. The largest absolute Gasteiger partial charge is 0.493 e. The highest BCUT2D eigenvalue weighted by Gasteiger charge is 2.14. The van der Waals surface area contributed by atoms with Crippen molar-refractivity contribution >= 4 is 21.9 Å². The van der Waals surface area contributed by atoms with Crippen LogP contribution in [0.3, 0.4) is 0 Å². The van der Waals surface area contributed by atoms with E-state index in [1.165, 1.54) is 31.4 Å². The Labute approximate surface area is 175 Å². The number of sulfonamides is 1. The molecule has 2 rings (SSSR count). The van der Waals surface area contributed by atoms with Crippen molar-refractivity contribution in [3.63, 3.8) is 0 Å². The first-order valence-corrected chi connectivity index (χ1v) is 10.7. The highest BCUT2D eigenvalue weighted by Crippen LogP contribution is 2.28. The van der Waals surface area contributed by atoms with Crippen molar-refractivity contribution < 1.29 is 32.2 Å². The molecule has 3 N–H and O–H groups in total. The number of esters is 1. The minimum atomic E-state index is -3.74. The third kappa shape index (κ3) is 6.75. The molecule has 162 valence electrons. The Morgan fingerprint density at radius 3 is 2.37 bits per heavy atom. The van der Waals surface area contributed by atoms with E-state index in [0.29, 0.717) is 31.1 Å². The van der Waals surface area contributed by atoms with E-state index < -0.39 is 28.5 Å². The van der Waals surface area contributed by atoms with Gasteiger partial charge in [0.15, 0.2) is 18.1 Å². The molecule has 0 atom stereocenters. The number of nitrogens with two attached hydrogens (primary N) is 1. The summed E-state index contributed by atoms with van der Waals surface area (Å²) in [6.45, 7) is 2.08. The van der Waals surface area contributed by atoms with Crippen LogP contribution in [-0.4, -0.2) is 47.2 Å². The minimum Gasteiger partial charge on any atom is -0.493 e. The van der Waals surface area contributed by atoms with Crippen molar-refractivity contribution in [2.75, 3.05) is 26.9 Å². The summed E-state index contributed by atoms with van der Waals surface area (Å²) in [6, 6.07) is 10.6. The van der Waals surface area contributed by atoms with E-state index in [1.807, 2.05) is 6.92 Å². The molecular formula is C20H24N2O7S. The van der Waals surface area contributed by atoms with E-state index in [9.17, 15) is 18.0 Å². The van der Waals surface area contributed by atoms with Crippen molar-refractivity contribution in [1.82, 2.24) is 5.32 Å². The average Bonchev–Trinajstić information content (AvgIpc) is 2.72. The van der Waals surface area contributed by atoms with E-state index in [4.69, 9.17) is 19.3 Å². The van der Waals surface area contributed by atoms with Crippen LogP contribution in [0.4, 0.5) is 0 Å². The summed E-state index contributed by atoms with van der Waals surface area (Å²) < 4.78 is 38.0. The van der Waals surface area contributed by atoms with Gasteiger partial charge in [0.2, 0.25) is 10.0 Å². The third-order valence-electron chi connectivity index (χ3n) is 4.02. The van der Waals surface area contributed by atoms with Crippen molar-refractivity contribution in [2.24, 2.45) is 5.14 Å². The first-order chi connectivity index (χ1) is 14.2. The Balaban J connectivity index is 1.80. The number of carbonyl (C=O) groups excluding carboxylic acids is 2. The fraction of sp³-hybridized carbons (Fsp3) is 0.300. The van der Waals surface area contributed by atoms with E-state index in [1.54, 1.807) is 18.2 Å². The molecule has 0 aliphatic carbocycles. The maximum Gasteiger partial charge on any atom is 0.338 e. The number of methoxy groups -OCH3 is 1. The van der Waals surface area contributed by atoms with Crippen LogP contribution in [0.25, 0.3) is 0 Å². The maximum absolute atomic E-state index is 12.2. The van der Waals surface area contributed by atoms with Crippen molar-refractivity contribution in [2.45, 2.75) is 18.2 Å². The minimum absolute atomic E-state index is 0.0215. The lowest BCUT2D eigenvalue weighted by molar-refractivity contribution is -0.124. The van der Waals surface area contributed by atoms with Gasteiger partial charge in [0, 0.05) is 6.54 Å². The quantitative estimate of drug-likeness (QED) is 0.536. The summed E-state index contributed by atoms with van der Waals surface area (Å²) >= 11 is 0. The molecule has 0 aliphatic rings. The molecule has 0 saturated carbocycles. The second-order valence-corrected chi connectivity index (χ2v) is 7.73. The summed E-state index contributed by atoms with van der Waals surface area (Å²) in [4.78, 5) is 24.1. The predicted octanol–water partition coefficient (Wildman–Crippen LogP) is 1.26. The van der Waals surface area contributed by atoms with Gasteiger partial charge in [-0.3, -0.25) is 4.79 Å². The molecular weight excluding hydrogens is 412 g/mol. The van der Waals surface area contributed by atoms with E-state index in [2.05, 4.69) is 5.32 Å². The van der Waals surface area contributed by atoms with Gasteiger partial charge in [0.05, 0.1) is 24.2 Å². The standard InChI is InChI=1S/C20H24N2O7S/c1-3-28-18-12-15(6-9-17(18)27-2)20(24)29-13-19(23)22-11-10-14-4-7-16(8-5-14)30(21,25)26/h4-9,12H,3,10-11,13H2,1-2H3,(H,22,23)(H2,21,25,26). The van der Waals surface area contributed by atoms with Crippen LogP contribution >= 0.6 is 0 Å². The average molecular weight is 436 g/mol. The molecule has 0 aliphatic heterocycles. The van der Waals surface area contributed by atoms with Gasteiger partial charge >= 0.3 is 5.97 Å². The SMILES string of the molecule is CCOc1cc(C(=O)OCC(=O)NCCc2ccc(S(N)(=O)=O)cc2)ccc1OC. The molecule has 2 aromatic rings. The van der Waals surface area contributed by atoms with Gasteiger partial charge in [-0.15, -0.1) is 0 Å². The smallest absolute Gasteiger partial charge is 0.338 e. The fourth-order valence-electron chi connectivity index (χ4n) is 2.53. The van der Waals surface area contributed by atoms with Crippen LogP contribution in [0.1, 0.15) is 22.8 Å². The molecule has 0 aromatic heterocycles. The molecule has 9 nitrogen and oxygen atoms in total. The van der Waals surface area contributed by atoms with E-state index in [0.717, 1.165) is 5.56 Å². The number of primary sulfonamides is 1. The van der Waals surface area contributed by atoms with Crippen LogP contribution in [0.2, 0.25) is 0 Å². The summed E-state index contributed by atoms with van der Waals surface area (Å²) in [5.41, 5.74) is 1.06. The fourth-order valence-corrected chi connectivity index (χ4v) is 3.04. The number of amides is 1. The van der Waals surface area contributed by atoms with Crippen molar-refractivity contribution in [1.29, 1.82) is 0 Å². The second-order valence-electron chi connectivity index (χ2n) is 6.16. The number of rotatable bonds is 10. The lowest BCUT2D eigenvalue weighted by atomic mass is 10.1. The normalized spacial score (nSPS) is 10.9. The number of hydrogen-bond donors (Lipinski definition) is 2. The maximum atomic E-state index is 12.2. The lowest BCUT2D eigenvalue weighted by Crippen LogP contribution is -2.30. The summed E-state index contributed by atoms with van der Waals surface area (Å²) in [6.07, 6.45) is 0.473. The number of benzene rings is 2. The molecule has 0 saturated heterocycles.